The molecule has 1 fully saturated rings. The molecule has 2 rings (SSSR count). The van der Waals surface area contributed by atoms with Gasteiger partial charge in [-0.2, -0.15) is 12.6 Å². The molecular formula is C12H21N3S. The minimum Gasteiger partial charge on any atom is -0.337 e. The Hall–Kier alpha value is -0.480. The molecule has 0 unspecified atom stereocenters. The fraction of sp³-hybridized carbons (Fsp3) is 0.750. The predicted molar refractivity (Wildman–Crippen MR) is 69.7 cm³/mol. The molecule has 0 aliphatic heterocycles. The van der Waals surface area contributed by atoms with E-state index < -0.39 is 0 Å². The van der Waals surface area contributed by atoms with Crippen LogP contribution in [0.3, 0.4) is 0 Å². The van der Waals surface area contributed by atoms with Crippen molar-refractivity contribution in [2.24, 2.45) is 12.5 Å². The predicted octanol–water partition coefficient (Wildman–Crippen LogP) is 1.95. The second kappa shape index (κ2) is 4.80. The van der Waals surface area contributed by atoms with Crippen LogP contribution in [0.2, 0.25) is 0 Å². The summed E-state index contributed by atoms with van der Waals surface area (Å²) in [4.78, 5) is 6.73. The van der Waals surface area contributed by atoms with Gasteiger partial charge in [-0.1, -0.05) is 6.42 Å². The van der Waals surface area contributed by atoms with E-state index in [1.165, 1.54) is 19.3 Å². The second-order valence-electron chi connectivity index (χ2n) is 5.14. The average molecular weight is 239 g/mol. The van der Waals surface area contributed by atoms with Gasteiger partial charge in [-0.15, -0.1) is 0 Å². The molecule has 0 spiro atoms. The molecule has 0 radical (unpaired) electrons. The highest BCUT2D eigenvalue weighted by molar-refractivity contribution is 7.80. The first-order chi connectivity index (χ1) is 7.65. The molecule has 1 saturated carbocycles. The Kier molecular flexibility index (Phi) is 3.60. The fourth-order valence-corrected chi connectivity index (χ4v) is 2.88. The van der Waals surface area contributed by atoms with Gasteiger partial charge in [0.2, 0.25) is 0 Å². The van der Waals surface area contributed by atoms with E-state index in [1.54, 1.807) is 0 Å². The van der Waals surface area contributed by atoms with Gasteiger partial charge in [0.05, 0.1) is 6.54 Å². The maximum atomic E-state index is 4.49. The van der Waals surface area contributed by atoms with Crippen LogP contribution in [-0.4, -0.2) is 33.8 Å². The highest BCUT2D eigenvalue weighted by Crippen LogP contribution is 2.42. The number of hydrogen-bond acceptors (Lipinski definition) is 3. The van der Waals surface area contributed by atoms with E-state index in [-0.39, 0.29) is 0 Å². The van der Waals surface area contributed by atoms with Crippen molar-refractivity contribution in [3.8, 4) is 0 Å². The summed E-state index contributed by atoms with van der Waals surface area (Å²) in [6.45, 7) is 2.07. The Labute approximate surface area is 103 Å². The van der Waals surface area contributed by atoms with E-state index in [4.69, 9.17) is 0 Å². The molecule has 1 heterocycles. The molecule has 90 valence electrons. The summed E-state index contributed by atoms with van der Waals surface area (Å²) in [5.41, 5.74) is 0.475. The summed E-state index contributed by atoms with van der Waals surface area (Å²) >= 11 is 4.49. The third-order valence-electron chi connectivity index (χ3n) is 3.69. The van der Waals surface area contributed by atoms with Gasteiger partial charge in [-0.25, -0.2) is 4.98 Å². The van der Waals surface area contributed by atoms with Crippen molar-refractivity contribution in [3.63, 3.8) is 0 Å². The Morgan fingerprint density at radius 2 is 2.31 bits per heavy atom. The Morgan fingerprint density at radius 3 is 2.75 bits per heavy atom. The third-order valence-corrected chi connectivity index (χ3v) is 4.36. The monoisotopic (exact) mass is 239 g/mol. The van der Waals surface area contributed by atoms with Gasteiger partial charge >= 0.3 is 0 Å². The molecule has 1 aromatic heterocycles. The number of nitrogens with zero attached hydrogens (tertiary/aromatic N) is 3. The van der Waals surface area contributed by atoms with Gasteiger partial charge in [-0.05, 0) is 31.1 Å². The maximum absolute atomic E-state index is 4.49. The minimum atomic E-state index is 0.475. The van der Waals surface area contributed by atoms with E-state index in [1.807, 2.05) is 19.4 Å². The average Bonchev–Trinajstić information content (AvgIpc) is 2.58. The van der Waals surface area contributed by atoms with Crippen molar-refractivity contribution in [1.82, 2.24) is 14.5 Å². The summed E-state index contributed by atoms with van der Waals surface area (Å²) in [5, 5.41) is 0. The first-order valence-corrected chi connectivity index (χ1v) is 6.54. The lowest BCUT2D eigenvalue weighted by Crippen LogP contribution is -2.42. The lowest BCUT2D eigenvalue weighted by atomic mass is 9.70. The van der Waals surface area contributed by atoms with Crippen molar-refractivity contribution >= 4 is 12.6 Å². The molecule has 0 N–H and O–H groups in total. The van der Waals surface area contributed by atoms with Crippen LogP contribution in [0.15, 0.2) is 12.4 Å². The van der Waals surface area contributed by atoms with E-state index in [0.29, 0.717) is 5.41 Å². The van der Waals surface area contributed by atoms with Crippen LogP contribution in [-0.2, 0) is 13.6 Å². The fourth-order valence-electron chi connectivity index (χ4n) is 2.46. The Bertz CT molecular complexity index is 338. The molecule has 0 aromatic carbocycles. The zero-order valence-electron chi connectivity index (χ0n) is 10.2. The van der Waals surface area contributed by atoms with Gasteiger partial charge in [0.25, 0.3) is 0 Å². The molecule has 4 heteroatoms. The third kappa shape index (κ3) is 2.43. The van der Waals surface area contributed by atoms with Crippen LogP contribution in [0.4, 0.5) is 0 Å². The number of thiol groups is 1. The molecule has 3 nitrogen and oxygen atoms in total. The maximum Gasteiger partial charge on any atom is 0.122 e. The molecule has 0 bridgehead atoms. The van der Waals surface area contributed by atoms with Crippen LogP contribution < -0.4 is 0 Å². The molecule has 16 heavy (non-hydrogen) atoms. The largest absolute Gasteiger partial charge is 0.337 e. The molecule has 1 aromatic rings. The van der Waals surface area contributed by atoms with Crippen molar-refractivity contribution in [3.05, 3.63) is 18.2 Å². The standard InChI is InChI=1S/C12H21N3S/c1-14(8-11-13-6-7-15(11)2)9-12(10-16)4-3-5-12/h6-7,16H,3-5,8-10H2,1-2H3. The lowest BCUT2D eigenvalue weighted by molar-refractivity contribution is 0.0997. The highest BCUT2D eigenvalue weighted by atomic mass is 32.1. The summed E-state index contributed by atoms with van der Waals surface area (Å²) < 4.78 is 2.09. The number of aromatic nitrogens is 2. The van der Waals surface area contributed by atoms with Crippen molar-refractivity contribution in [2.75, 3.05) is 19.3 Å². The van der Waals surface area contributed by atoms with Gasteiger partial charge in [0, 0.05) is 26.0 Å². The van der Waals surface area contributed by atoms with E-state index in [0.717, 1.165) is 24.7 Å². The number of rotatable bonds is 5. The molecular weight excluding hydrogens is 218 g/mol. The van der Waals surface area contributed by atoms with Crippen molar-refractivity contribution in [1.29, 1.82) is 0 Å². The topological polar surface area (TPSA) is 21.1 Å². The van der Waals surface area contributed by atoms with Crippen LogP contribution >= 0.6 is 12.6 Å². The number of imidazole rings is 1. The zero-order valence-corrected chi connectivity index (χ0v) is 11.1. The Morgan fingerprint density at radius 1 is 1.56 bits per heavy atom. The van der Waals surface area contributed by atoms with Gasteiger partial charge in [0.15, 0.2) is 0 Å². The molecule has 0 atom stereocenters. The van der Waals surface area contributed by atoms with Gasteiger partial charge in [-0.3, -0.25) is 4.90 Å². The Balaban J connectivity index is 1.89. The lowest BCUT2D eigenvalue weighted by Gasteiger charge is -2.43. The normalized spacial score (nSPS) is 18.8. The number of hydrogen-bond donors (Lipinski definition) is 1. The second-order valence-corrected chi connectivity index (χ2v) is 5.45. The van der Waals surface area contributed by atoms with Gasteiger partial charge in [0.1, 0.15) is 5.82 Å². The number of aryl methyl sites for hydroxylation is 1. The highest BCUT2D eigenvalue weighted by Gasteiger charge is 2.36. The van der Waals surface area contributed by atoms with E-state index in [9.17, 15) is 0 Å². The molecule has 0 saturated heterocycles. The smallest absolute Gasteiger partial charge is 0.122 e. The molecule has 1 aliphatic rings. The summed E-state index contributed by atoms with van der Waals surface area (Å²) in [5.74, 6) is 2.15. The van der Waals surface area contributed by atoms with Crippen LogP contribution in [0.25, 0.3) is 0 Å². The first-order valence-electron chi connectivity index (χ1n) is 5.91. The molecule has 1 aliphatic carbocycles. The SMILES string of the molecule is CN(Cc1nccn1C)CC1(CS)CCC1. The molecule has 0 amide bonds. The van der Waals surface area contributed by atoms with E-state index in [2.05, 4.69) is 34.1 Å². The zero-order chi connectivity index (χ0) is 11.6. The van der Waals surface area contributed by atoms with Crippen LogP contribution in [0.1, 0.15) is 25.1 Å². The minimum absolute atomic E-state index is 0.475. The summed E-state index contributed by atoms with van der Waals surface area (Å²) in [7, 11) is 4.23. The summed E-state index contributed by atoms with van der Waals surface area (Å²) in [6.07, 6.45) is 7.90. The van der Waals surface area contributed by atoms with E-state index >= 15 is 0 Å². The van der Waals surface area contributed by atoms with Gasteiger partial charge < -0.3 is 4.57 Å². The van der Waals surface area contributed by atoms with Crippen LogP contribution in [0, 0.1) is 5.41 Å². The quantitative estimate of drug-likeness (QED) is 0.793. The van der Waals surface area contributed by atoms with Crippen LogP contribution in [0.5, 0.6) is 0 Å². The first kappa shape index (κ1) is 12.0. The van der Waals surface area contributed by atoms with Crippen molar-refractivity contribution < 1.29 is 0 Å². The summed E-state index contributed by atoms with van der Waals surface area (Å²) in [6, 6.07) is 0. The van der Waals surface area contributed by atoms with Crippen molar-refractivity contribution in [2.45, 2.75) is 25.8 Å².